The minimum absolute atomic E-state index is 0.0183. The van der Waals surface area contributed by atoms with E-state index in [0.29, 0.717) is 47.5 Å². The van der Waals surface area contributed by atoms with Crippen LogP contribution in [0.5, 0.6) is 5.75 Å². The van der Waals surface area contributed by atoms with Gasteiger partial charge in [-0.1, -0.05) is 56.3 Å². The van der Waals surface area contributed by atoms with E-state index >= 15 is 0 Å². The topological polar surface area (TPSA) is 134 Å². The third-order valence-electron chi connectivity index (χ3n) is 7.87. The van der Waals surface area contributed by atoms with Gasteiger partial charge in [0.15, 0.2) is 0 Å². The van der Waals surface area contributed by atoms with Crippen LogP contribution in [0.3, 0.4) is 0 Å². The first-order valence-electron chi connectivity index (χ1n) is 16.2. The molecule has 9 nitrogen and oxygen atoms in total. The van der Waals surface area contributed by atoms with E-state index in [1.807, 2.05) is 43.0 Å². The van der Waals surface area contributed by atoms with Gasteiger partial charge in [-0.05, 0) is 77.8 Å². The van der Waals surface area contributed by atoms with Gasteiger partial charge in [0.2, 0.25) is 17.7 Å². The number of benzene rings is 3. The molecule has 3 amide bonds. The lowest BCUT2D eigenvalue weighted by Crippen LogP contribution is -2.49. The largest absolute Gasteiger partial charge is 0.497 e. The highest BCUT2D eigenvalue weighted by Crippen LogP contribution is 2.17. The minimum Gasteiger partial charge on any atom is -0.497 e. The van der Waals surface area contributed by atoms with E-state index in [1.165, 1.54) is 6.07 Å². The van der Waals surface area contributed by atoms with Crippen LogP contribution in [0.15, 0.2) is 60.7 Å². The highest BCUT2D eigenvalue weighted by atomic mass is 19.1. The number of nitrogens with one attached hydrogen (secondary N) is 2. The Hall–Kier alpha value is -4.28. The average Bonchev–Trinajstić information content (AvgIpc) is 3.02. The number of methoxy groups -OCH3 is 1. The van der Waals surface area contributed by atoms with Gasteiger partial charge in [-0.3, -0.25) is 14.4 Å². The van der Waals surface area contributed by atoms with Crippen molar-refractivity contribution in [1.82, 2.24) is 15.5 Å². The smallest absolute Gasteiger partial charge is 0.226 e. The number of halogens is 1. The normalized spacial score (nSPS) is 12.3. The summed E-state index contributed by atoms with van der Waals surface area (Å²) >= 11 is 0. The van der Waals surface area contributed by atoms with E-state index in [4.69, 9.17) is 10.5 Å². The molecule has 10 heteroatoms. The maximum atomic E-state index is 14.4. The third kappa shape index (κ3) is 12.4. The molecule has 0 saturated heterocycles. The Morgan fingerprint density at radius 3 is 2.17 bits per heavy atom. The van der Waals surface area contributed by atoms with Gasteiger partial charge in [-0.15, -0.1) is 0 Å². The van der Waals surface area contributed by atoms with Gasteiger partial charge in [0.05, 0.1) is 38.5 Å². The van der Waals surface area contributed by atoms with Gasteiger partial charge < -0.3 is 31.1 Å². The summed E-state index contributed by atoms with van der Waals surface area (Å²) in [6, 6.07) is 17.0. The van der Waals surface area contributed by atoms with E-state index in [1.54, 1.807) is 44.4 Å². The molecule has 3 aromatic carbocycles. The van der Waals surface area contributed by atoms with Crippen LogP contribution in [0.2, 0.25) is 0 Å². The summed E-state index contributed by atoms with van der Waals surface area (Å²) in [4.78, 5) is 40.1. The van der Waals surface area contributed by atoms with Gasteiger partial charge >= 0.3 is 0 Å². The van der Waals surface area contributed by atoms with E-state index < -0.39 is 18.1 Å². The number of aryl methyl sites for hydroxylation is 1. The Kier molecular flexibility index (Phi) is 14.8. The lowest BCUT2D eigenvalue weighted by atomic mass is 9.97. The van der Waals surface area contributed by atoms with Crippen molar-refractivity contribution in [1.29, 1.82) is 0 Å². The predicted molar refractivity (Wildman–Crippen MR) is 181 cm³/mol. The number of carbonyl (C=O) groups excluding carboxylic acids is 3. The molecule has 0 aliphatic rings. The number of carbonyl (C=O) groups is 3. The maximum absolute atomic E-state index is 14.4. The number of amides is 3. The quantitative estimate of drug-likeness (QED) is 0.156. The Bertz CT molecular complexity index is 1490. The second-order valence-electron chi connectivity index (χ2n) is 12.0. The second kappa shape index (κ2) is 18.8. The number of ether oxygens (including phenoxy) is 1. The van der Waals surface area contributed by atoms with Gasteiger partial charge in [-0.25, -0.2) is 4.39 Å². The van der Waals surface area contributed by atoms with Gasteiger partial charge in [-0.2, -0.15) is 0 Å². The number of nitrogens with zero attached hydrogens (tertiary/aromatic N) is 1. The molecule has 0 radical (unpaired) electrons. The maximum Gasteiger partial charge on any atom is 0.226 e. The zero-order chi connectivity index (χ0) is 34.3. The predicted octanol–water partition coefficient (Wildman–Crippen LogP) is 3.78. The van der Waals surface area contributed by atoms with Crippen LogP contribution in [0.1, 0.15) is 60.1 Å². The number of hydrogen-bond donors (Lipinski definition) is 4. The number of hydrogen-bond acceptors (Lipinski definition) is 6. The molecule has 0 fully saturated rings. The molecule has 5 N–H and O–H groups in total. The number of primary amides is 1. The first kappa shape index (κ1) is 37.2. The highest BCUT2D eigenvalue weighted by Gasteiger charge is 2.23. The molecule has 0 bridgehead atoms. The van der Waals surface area contributed by atoms with Crippen molar-refractivity contribution in [3.63, 3.8) is 0 Å². The van der Waals surface area contributed by atoms with Crippen LogP contribution in [-0.4, -0.2) is 66.6 Å². The van der Waals surface area contributed by atoms with Crippen LogP contribution in [0, 0.1) is 12.7 Å². The van der Waals surface area contributed by atoms with Crippen molar-refractivity contribution in [2.24, 2.45) is 5.73 Å². The molecule has 254 valence electrons. The van der Waals surface area contributed by atoms with Gasteiger partial charge in [0, 0.05) is 26.2 Å². The summed E-state index contributed by atoms with van der Waals surface area (Å²) in [6.45, 7) is 7.68. The fourth-order valence-corrected chi connectivity index (χ4v) is 5.57. The van der Waals surface area contributed by atoms with Crippen molar-refractivity contribution in [2.45, 2.75) is 78.0 Å². The van der Waals surface area contributed by atoms with Crippen LogP contribution >= 0.6 is 0 Å². The molecule has 0 heterocycles. The molecule has 0 saturated carbocycles. The molecule has 0 unspecified atom stereocenters. The summed E-state index contributed by atoms with van der Waals surface area (Å²) in [5.41, 5.74) is 9.53. The molecular weight excluding hydrogens is 599 g/mol. The molecule has 3 rings (SSSR count). The van der Waals surface area contributed by atoms with Crippen molar-refractivity contribution in [2.75, 3.05) is 26.7 Å². The fourth-order valence-electron chi connectivity index (χ4n) is 5.57. The number of nitrogens with two attached hydrogens (primary N) is 1. The summed E-state index contributed by atoms with van der Waals surface area (Å²) in [5.74, 6) is -0.528. The van der Waals surface area contributed by atoms with Crippen LogP contribution in [0.4, 0.5) is 4.39 Å². The monoisotopic (exact) mass is 648 g/mol. The molecule has 0 aliphatic heterocycles. The third-order valence-corrected chi connectivity index (χ3v) is 7.87. The number of aliphatic hydroxyl groups is 1. The lowest BCUT2D eigenvalue weighted by molar-refractivity contribution is -0.130. The summed E-state index contributed by atoms with van der Waals surface area (Å²) < 4.78 is 19.7. The Labute approximate surface area is 277 Å². The van der Waals surface area contributed by atoms with Crippen molar-refractivity contribution >= 4 is 17.7 Å². The van der Waals surface area contributed by atoms with E-state index in [0.717, 1.165) is 24.2 Å². The zero-order valence-corrected chi connectivity index (χ0v) is 28.0. The van der Waals surface area contributed by atoms with Crippen molar-refractivity contribution < 1.29 is 28.6 Å². The Morgan fingerprint density at radius 1 is 0.894 bits per heavy atom. The first-order valence-corrected chi connectivity index (χ1v) is 16.2. The molecule has 47 heavy (non-hydrogen) atoms. The van der Waals surface area contributed by atoms with Gasteiger partial charge in [0.1, 0.15) is 11.6 Å². The molecular formula is C37H49FN4O5. The standard InChI is InChI=1S/C37H49FN4O5/c1-5-12-42(13-6-2)37(46)22-30-15-28(20-35(39)44)14-29(16-30)21-36(45)41-33(19-26-11-10-25(3)32(38)18-26)34(43)24-40-23-27-8-7-9-31(17-27)47-4/h7-11,14-18,33-34,40,43H,5-6,12-13,19-24H2,1-4H3,(H2,39,44)(H,41,45)/t33-,34+/m0/s1. The summed E-state index contributed by atoms with van der Waals surface area (Å²) in [5, 5.41) is 17.4. The molecule has 0 aromatic heterocycles. The SMILES string of the molecule is CCCN(CCC)C(=O)Cc1cc(CC(N)=O)cc(CC(=O)N[C@@H](Cc2ccc(C)c(F)c2)[C@H](O)CNCc2cccc(OC)c2)c1. The second-order valence-corrected chi connectivity index (χ2v) is 12.0. The van der Waals surface area contributed by atoms with E-state index in [2.05, 4.69) is 10.6 Å². The average molecular weight is 649 g/mol. The van der Waals surface area contributed by atoms with E-state index in [-0.39, 0.29) is 49.9 Å². The molecule has 0 aliphatic carbocycles. The van der Waals surface area contributed by atoms with Crippen LogP contribution in [-0.2, 0) is 46.6 Å². The minimum atomic E-state index is -0.994. The lowest BCUT2D eigenvalue weighted by Gasteiger charge is -2.25. The Balaban J connectivity index is 1.77. The number of aliphatic hydroxyl groups excluding tert-OH is 1. The fraction of sp³-hybridized carbons (Fsp3) is 0.432. The van der Waals surface area contributed by atoms with Crippen molar-refractivity contribution in [3.05, 3.63) is 99.9 Å². The molecule has 0 spiro atoms. The Morgan fingerprint density at radius 2 is 1.55 bits per heavy atom. The zero-order valence-electron chi connectivity index (χ0n) is 28.0. The first-order chi connectivity index (χ1) is 22.5. The van der Waals surface area contributed by atoms with E-state index in [9.17, 15) is 23.9 Å². The molecule has 3 aromatic rings. The highest BCUT2D eigenvalue weighted by molar-refractivity contribution is 5.81. The summed E-state index contributed by atoms with van der Waals surface area (Å²) in [6.07, 6.45) is 0.965. The van der Waals surface area contributed by atoms with Crippen LogP contribution in [0.25, 0.3) is 0 Å². The van der Waals surface area contributed by atoms with Crippen molar-refractivity contribution in [3.8, 4) is 5.75 Å². The van der Waals surface area contributed by atoms with Crippen LogP contribution < -0.4 is 21.1 Å². The van der Waals surface area contributed by atoms with Gasteiger partial charge in [0.25, 0.3) is 0 Å². The summed E-state index contributed by atoms with van der Waals surface area (Å²) in [7, 11) is 1.60. The number of rotatable bonds is 19. The molecule has 2 atom stereocenters.